The minimum absolute atomic E-state index is 0.322. The third-order valence-electron chi connectivity index (χ3n) is 2.58. The van der Waals surface area contributed by atoms with Crippen LogP contribution in [-0.2, 0) is 4.74 Å². The van der Waals surface area contributed by atoms with E-state index in [1.165, 1.54) is 10.9 Å². The van der Waals surface area contributed by atoms with Gasteiger partial charge < -0.3 is 10.5 Å². The quantitative estimate of drug-likeness (QED) is 0.829. The van der Waals surface area contributed by atoms with Gasteiger partial charge in [0.1, 0.15) is 11.6 Å². The van der Waals surface area contributed by atoms with Crippen molar-refractivity contribution < 1.29 is 9.53 Å². The minimum atomic E-state index is -0.412. The van der Waals surface area contributed by atoms with Crippen molar-refractivity contribution in [2.75, 3.05) is 12.3 Å². The number of anilines is 1. The van der Waals surface area contributed by atoms with Crippen molar-refractivity contribution in [2.24, 2.45) is 0 Å². The largest absolute Gasteiger partial charge is 0.462 e. The van der Waals surface area contributed by atoms with Crippen LogP contribution in [0.1, 0.15) is 28.7 Å². The summed E-state index contributed by atoms with van der Waals surface area (Å²) in [5.74, 6) is 1.09. The molecule has 2 heterocycles. The fourth-order valence-corrected chi connectivity index (χ4v) is 1.62. The second-order valence-corrected chi connectivity index (χ2v) is 4.00. The Kier molecular flexibility index (Phi) is 3.46. The molecule has 0 radical (unpaired) electrons. The van der Waals surface area contributed by atoms with Crippen molar-refractivity contribution in [3.05, 3.63) is 29.3 Å². The molecule has 0 aliphatic carbocycles. The zero-order chi connectivity index (χ0) is 14.0. The molecule has 0 saturated heterocycles. The summed E-state index contributed by atoms with van der Waals surface area (Å²) in [6, 6.07) is 0. The highest BCUT2D eigenvalue weighted by molar-refractivity contribution is 5.88. The number of nitrogens with two attached hydrogens (primary N) is 1. The molecular weight excluding hydrogens is 246 g/mol. The van der Waals surface area contributed by atoms with Crippen molar-refractivity contribution in [3.63, 3.8) is 0 Å². The third kappa shape index (κ3) is 2.54. The molecule has 7 nitrogen and oxygen atoms in total. The molecule has 0 aliphatic heterocycles. The van der Waals surface area contributed by atoms with Crippen LogP contribution in [0.4, 0.5) is 5.82 Å². The van der Waals surface area contributed by atoms with Crippen LogP contribution in [0.2, 0.25) is 0 Å². The van der Waals surface area contributed by atoms with Gasteiger partial charge in [-0.15, -0.1) is 0 Å². The van der Waals surface area contributed by atoms with E-state index in [0.717, 1.165) is 0 Å². The highest BCUT2D eigenvalue weighted by Crippen LogP contribution is 2.16. The Morgan fingerprint density at radius 3 is 2.84 bits per heavy atom. The molecule has 0 spiro atoms. The topological polar surface area (TPSA) is 95.9 Å². The van der Waals surface area contributed by atoms with E-state index in [1.54, 1.807) is 27.0 Å². The molecule has 0 aromatic carbocycles. The van der Waals surface area contributed by atoms with Crippen LogP contribution in [-0.4, -0.2) is 32.3 Å². The molecule has 0 atom stereocenters. The van der Waals surface area contributed by atoms with Gasteiger partial charge in [-0.2, -0.15) is 5.10 Å². The zero-order valence-corrected chi connectivity index (χ0v) is 11.0. The highest BCUT2D eigenvalue weighted by atomic mass is 16.5. The number of aryl methyl sites for hydroxylation is 1. The molecule has 100 valence electrons. The van der Waals surface area contributed by atoms with Crippen LogP contribution in [0.15, 0.2) is 12.4 Å². The molecule has 7 heteroatoms. The molecule has 0 unspecified atom stereocenters. The monoisotopic (exact) mass is 261 g/mol. The van der Waals surface area contributed by atoms with Crippen molar-refractivity contribution in [2.45, 2.75) is 20.8 Å². The van der Waals surface area contributed by atoms with E-state index in [-0.39, 0.29) is 0 Å². The molecule has 19 heavy (non-hydrogen) atoms. The van der Waals surface area contributed by atoms with Gasteiger partial charge in [0, 0.05) is 11.8 Å². The first-order chi connectivity index (χ1) is 9.02. The first kappa shape index (κ1) is 13.0. The maximum absolute atomic E-state index is 11.6. The molecule has 0 saturated carbocycles. The lowest BCUT2D eigenvalue weighted by atomic mass is 10.3. The van der Waals surface area contributed by atoms with Crippen LogP contribution >= 0.6 is 0 Å². The molecule has 2 aromatic heterocycles. The van der Waals surface area contributed by atoms with Gasteiger partial charge in [-0.1, -0.05) is 0 Å². The number of esters is 1. The van der Waals surface area contributed by atoms with Crippen LogP contribution in [0.5, 0.6) is 0 Å². The maximum atomic E-state index is 11.6. The predicted octanol–water partition coefficient (Wildman–Crippen LogP) is 1.04. The summed E-state index contributed by atoms with van der Waals surface area (Å²) in [6.07, 6.45) is 3.00. The van der Waals surface area contributed by atoms with E-state index in [2.05, 4.69) is 15.1 Å². The number of hydrogen-bond acceptors (Lipinski definition) is 6. The number of carbonyl (C=O) groups is 1. The lowest BCUT2D eigenvalue weighted by molar-refractivity contribution is 0.0526. The number of carbonyl (C=O) groups excluding carboxylic acids is 1. The Bertz CT molecular complexity index is 621. The average Bonchev–Trinajstić information content (AvgIpc) is 2.83. The normalized spacial score (nSPS) is 10.5. The number of nitrogen functional groups attached to an aromatic ring is 1. The van der Waals surface area contributed by atoms with Gasteiger partial charge in [0.2, 0.25) is 0 Å². The number of ether oxygens (including phenoxy) is 1. The second kappa shape index (κ2) is 5.05. The van der Waals surface area contributed by atoms with Crippen molar-refractivity contribution in [1.29, 1.82) is 0 Å². The van der Waals surface area contributed by atoms with Gasteiger partial charge in [0.25, 0.3) is 0 Å². The standard InChI is InChI=1S/C12H15N5O2/c1-4-19-12(18)9-5-14-17(6-9)11-7(2)10(13)15-8(3)16-11/h5-6H,4H2,1-3H3,(H2,13,15,16). The summed E-state index contributed by atoms with van der Waals surface area (Å²) in [7, 11) is 0. The van der Waals surface area contributed by atoms with Crippen LogP contribution in [0.25, 0.3) is 5.82 Å². The van der Waals surface area contributed by atoms with Crippen molar-refractivity contribution in [3.8, 4) is 5.82 Å². The zero-order valence-electron chi connectivity index (χ0n) is 11.0. The van der Waals surface area contributed by atoms with Gasteiger partial charge in [0.15, 0.2) is 5.82 Å². The number of hydrogen-bond donors (Lipinski definition) is 1. The van der Waals surface area contributed by atoms with E-state index >= 15 is 0 Å². The lowest BCUT2D eigenvalue weighted by Crippen LogP contribution is -2.08. The van der Waals surface area contributed by atoms with Gasteiger partial charge in [0.05, 0.1) is 18.4 Å². The molecular formula is C12H15N5O2. The highest BCUT2D eigenvalue weighted by Gasteiger charge is 2.13. The fourth-order valence-electron chi connectivity index (χ4n) is 1.62. The van der Waals surface area contributed by atoms with Crippen LogP contribution in [0.3, 0.4) is 0 Å². The second-order valence-electron chi connectivity index (χ2n) is 4.00. The third-order valence-corrected chi connectivity index (χ3v) is 2.58. The van der Waals surface area contributed by atoms with Crippen LogP contribution < -0.4 is 5.73 Å². The molecule has 2 N–H and O–H groups in total. The van der Waals surface area contributed by atoms with Gasteiger partial charge in [-0.05, 0) is 20.8 Å². The Balaban J connectivity index is 2.41. The maximum Gasteiger partial charge on any atom is 0.341 e. The lowest BCUT2D eigenvalue weighted by Gasteiger charge is -2.07. The molecule has 2 rings (SSSR count). The molecule has 0 bridgehead atoms. The Morgan fingerprint density at radius 2 is 2.16 bits per heavy atom. The number of nitrogens with zero attached hydrogens (tertiary/aromatic N) is 4. The minimum Gasteiger partial charge on any atom is -0.462 e. The van der Waals surface area contributed by atoms with E-state index in [0.29, 0.717) is 35.2 Å². The molecule has 0 amide bonds. The summed E-state index contributed by atoms with van der Waals surface area (Å²) in [5.41, 5.74) is 6.87. The summed E-state index contributed by atoms with van der Waals surface area (Å²) < 4.78 is 6.40. The summed E-state index contributed by atoms with van der Waals surface area (Å²) >= 11 is 0. The Labute approximate surface area is 110 Å². The van der Waals surface area contributed by atoms with Gasteiger partial charge >= 0.3 is 5.97 Å². The summed E-state index contributed by atoms with van der Waals surface area (Å²) in [4.78, 5) is 19.9. The predicted molar refractivity (Wildman–Crippen MR) is 69.0 cm³/mol. The summed E-state index contributed by atoms with van der Waals surface area (Å²) in [6.45, 7) is 5.62. The molecule has 0 aliphatic rings. The molecule has 2 aromatic rings. The molecule has 0 fully saturated rings. The van der Waals surface area contributed by atoms with E-state index in [4.69, 9.17) is 10.5 Å². The average molecular weight is 261 g/mol. The first-order valence-corrected chi connectivity index (χ1v) is 5.85. The van der Waals surface area contributed by atoms with Crippen molar-refractivity contribution in [1.82, 2.24) is 19.7 Å². The van der Waals surface area contributed by atoms with Gasteiger partial charge in [-0.25, -0.2) is 19.4 Å². The first-order valence-electron chi connectivity index (χ1n) is 5.85. The fraction of sp³-hybridized carbons (Fsp3) is 0.333. The van der Waals surface area contributed by atoms with Crippen LogP contribution in [0, 0.1) is 13.8 Å². The van der Waals surface area contributed by atoms with Gasteiger partial charge in [-0.3, -0.25) is 0 Å². The number of aromatic nitrogens is 4. The van der Waals surface area contributed by atoms with E-state index in [9.17, 15) is 4.79 Å². The Hall–Kier alpha value is -2.44. The summed E-state index contributed by atoms with van der Waals surface area (Å²) in [5, 5.41) is 4.10. The van der Waals surface area contributed by atoms with E-state index in [1.807, 2.05) is 0 Å². The Morgan fingerprint density at radius 1 is 1.42 bits per heavy atom. The smallest absolute Gasteiger partial charge is 0.341 e. The van der Waals surface area contributed by atoms with Crippen molar-refractivity contribution >= 4 is 11.8 Å². The SMILES string of the molecule is CCOC(=O)c1cnn(-c2nc(C)nc(N)c2C)c1. The number of rotatable bonds is 3. The van der Waals surface area contributed by atoms with E-state index < -0.39 is 5.97 Å².